The molecule has 100 valence electrons. The Labute approximate surface area is 132 Å². The van der Waals surface area contributed by atoms with Crippen LogP contribution in [0.4, 0.5) is 5.82 Å². The predicted molar refractivity (Wildman–Crippen MR) is 83.0 cm³/mol. The second kappa shape index (κ2) is 6.17. The molecule has 0 fully saturated rings. The van der Waals surface area contributed by atoms with Gasteiger partial charge in [-0.1, -0.05) is 11.6 Å². The first-order valence-electron chi connectivity index (χ1n) is 5.29. The second-order valence-corrected chi connectivity index (χ2v) is 5.83. The van der Waals surface area contributed by atoms with Gasteiger partial charge in [-0.2, -0.15) is 0 Å². The fourth-order valence-electron chi connectivity index (χ4n) is 1.54. The van der Waals surface area contributed by atoms with Gasteiger partial charge in [0.2, 0.25) is 0 Å². The SMILES string of the molecule is COCc1nc(-c2ccc(Cl)cc2Br)nc(N)c1Br. The van der Waals surface area contributed by atoms with Crippen LogP contribution in [0.25, 0.3) is 11.4 Å². The van der Waals surface area contributed by atoms with Gasteiger partial charge >= 0.3 is 0 Å². The Morgan fingerprint density at radius 2 is 2.05 bits per heavy atom. The maximum Gasteiger partial charge on any atom is 0.163 e. The number of halogens is 3. The summed E-state index contributed by atoms with van der Waals surface area (Å²) in [6.07, 6.45) is 0. The van der Waals surface area contributed by atoms with E-state index in [1.165, 1.54) is 0 Å². The van der Waals surface area contributed by atoms with E-state index in [1.807, 2.05) is 6.07 Å². The van der Waals surface area contributed by atoms with E-state index < -0.39 is 0 Å². The Kier molecular flexibility index (Phi) is 4.78. The van der Waals surface area contributed by atoms with Crippen molar-refractivity contribution in [3.63, 3.8) is 0 Å². The molecule has 0 saturated carbocycles. The smallest absolute Gasteiger partial charge is 0.163 e. The lowest BCUT2D eigenvalue weighted by Crippen LogP contribution is -2.04. The van der Waals surface area contributed by atoms with Crippen LogP contribution in [0.2, 0.25) is 5.02 Å². The van der Waals surface area contributed by atoms with Crippen molar-refractivity contribution in [3.8, 4) is 11.4 Å². The van der Waals surface area contributed by atoms with Gasteiger partial charge in [-0.3, -0.25) is 0 Å². The number of nitrogen functional groups attached to an aromatic ring is 1. The monoisotopic (exact) mass is 405 g/mol. The molecular weight excluding hydrogens is 397 g/mol. The number of hydrogen-bond donors (Lipinski definition) is 1. The Bertz CT molecular complexity index is 622. The molecular formula is C12H10Br2ClN3O. The van der Waals surface area contributed by atoms with Crippen molar-refractivity contribution in [1.29, 1.82) is 0 Å². The average Bonchev–Trinajstić information content (AvgIpc) is 2.35. The minimum absolute atomic E-state index is 0.353. The largest absolute Gasteiger partial charge is 0.383 e. The highest BCUT2D eigenvalue weighted by atomic mass is 79.9. The van der Waals surface area contributed by atoms with Crippen LogP contribution in [0, 0.1) is 0 Å². The molecule has 2 N–H and O–H groups in total. The fraction of sp³-hybridized carbons (Fsp3) is 0.167. The minimum Gasteiger partial charge on any atom is -0.383 e. The van der Waals surface area contributed by atoms with Crippen molar-refractivity contribution in [1.82, 2.24) is 9.97 Å². The number of ether oxygens (including phenoxy) is 1. The molecule has 0 spiro atoms. The van der Waals surface area contributed by atoms with E-state index in [-0.39, 0.29) is 0 Å². The average molecular weight is 407 g/mol. The van der Waals surface area contributed by atoms with Crippen LogP contribution in [0.3, 0.4) is 0 Å². The summed E-state index contributed by atoms with van der Waals surface area (Å²) >= 11 is 12.7. The zero-order valence-electron chi connectivity index (χ0n) is 9.95. The number of nitrogens with zero attached hydrogens (tertiary/aromatic N) is 2. The number of nitrogens with two attached hydrogens (primary N) is 1. The van der Waals surface area contributed by atoms with E-state index in [0.29, 0.717) is 33.4 Å². The molecule has 0 saturated heterocycles. The van der Waals surface area contributed by atoms with E-state index in [9.17, 15) is 0 Å². The number of benzene rings is 1. The highest BCUT2D eigenvalue weighted by Crippen LogP contribution is 2.31. The molecule has 0 aliphatic carbocycles. The van der Waals surface area contributed by atoms with E-state index in [1.54, 1.807) is 19.2 Å². The van der Waals surface area contributed by atoms with E-state index in [4.69, 9.17) is 22.1 Å². The van der Waals surface area contributed by atoms with Crippen molar-refractivity contribution < 1.29 is 4.74 Å². The summed E-state index contributed by atoms with van der Waals surface area (Å²) in [5, 5.41) is 0.637. The van der Waals surface area contributed by atoms with E-state index in [0.717, 1.165) is 10.0 Å². The van der Waals surface area contributed by atoms with Gasteiger partial charge in [0.1, 0.15) is 5.82 Å². The molecule has 19 heavy (non-hydrogen) atoms. The molecule has 2 rings (SSSR count). The number of anilines is 1. The minimum atomic E-state index is 0.353. The summed E-state index contributed by atoms with van der Waals surface area (Å²) in [6, 6.07) is 5.40. The maximum atomic E-state index is 5.92. The van der Waals surface area contributed by atoms with Gasteiger partial charge in [-0.05, 0) is 50.1 Å². The lowest BCUT2D eigenvalue weighted by Gasteiger charge is -2.09. The molecule has 7 heteroatoms. The Morgan fingerprint density at radius 1 is 1.32 bits per heavy atom. The number of rotatable bonds is 3. The van der Waals surface area contributed by atoms with Gasteiger partial charge in [-0.15, -0.1) is 0 Å². The van der Waals surface area contributed by atoms with Gasteiger partial charge in [0.25, 0.3) is 0 Å². The van der Waals surface area contributed by atoms with Crippen molar-refractivity contribution in [2.45, 2.75) is 6.61 Å². The van der Waals surface area contributed by atoms with Gasteiger partial charge in [0, 0.05) is 22.2 Å². The van der Waals surface area contributed by atoms with E-state index >= 15 is 0 Å². The van der Waals surface area contributed by atoms with Crippen LogP contribution >= 0.6 is 43.5 Å². The van der Waals surface area contributed by atoms with Crippen molar-refractivity contribution in [2.75, 3.05) is 12.8 Å². The zero-order valence-corrected chi connectivity index (χ0v) is 13.9. The normalized spacial score (nSPS) is 10.7. The highest BCUT2D eigenvalue weighted by molar-refractivity contribution is 9.11. The molecule has 4 nitrogen and oxygen atoms in total. The first kappa shape index (κ1) is 14.7. The number of methoxy groups -OCH3 is 1. The van der Waals surface area contributed by atoms with Crippen LogP contribution in [-0.4, -0.2) is 17.1 Å². The first-order chi connectivity index (χ1) is 9.02. The van der Waals surface area contributed by atoms with Crippen molar-refractivity contribution in [2.24, 2.45) is 0 Å². The molecule has 1 heterocycles. The molecule has 0 aliphatic heterocycles. The molecule has 0 unspecified atom stereocenters. The molecule has 1 aromatic carbocycles. The quantitative estimate of drug-likeness (QED) is 0.834. The third-order valence-corrected chi connectivity index (χ3v) is 4.15. The lowest BCUT2D eigenvalue weighted by atomic mass is 10.2. The molecule has 1 aromatic heterocycles. The molecule has 0 bridgehead atoms. The zero-order chi connectivity index (χ0) is 14.0. The summed E-state index contributed by atoms with van der Waals surface area (Å²) in [5.74, 6) is 0.898. The van der Waals surface area contributed by atoms with Crippen LogP contribution < -0.4 is 5.73 Å². The number of hydrogen-bond acceptors (Lipinski definition) is 4. The van der Waals surface area contributed by atoms with Crippen LogP contribution in [-0.2, 0) is 11.3 Å². The van der Waals surface area contributed by atoms with Gasteiger partial charge in [0.15, 0.2) is 5.82 Å². The Morgan fingerprint density at radius 3 is 2.68 bits per heavy atom. The fourth-order valence-corrected chi connectivity index (χ4v) is 2.69. The standard InChI is InChI=1S/C12H10Br2ClN3O/c1-19-5-9-10(14)11(16)18-12(17-9)7-3-2-6(15)4-8(7)13/h2-4H,5H2,1H3,(H2,16,17,18). The molecule has 0 atom stereocenters. The van der Waals surface area contributed by atoms with Gasteiger partial charge in [-0.25, -0.2) is 9.97 Å². The van der Waals surface area contributed by atoms with Crippen LogP contribution in [0.15, 0.2) is 27.1 Å². The maximum absolute atomic E-state index is 5.92. The second-order valence-electron chi connectivity index (χ2n) is 3.75. The first-order valence-corrected chi connectivity index (χ1v) is 7.25. The molecule has 2 aromatic rings. The molecule has 0 radical (unpaired) electrons. The Balaban J connectivity index is 2.56. The van der Waals surface area contributed by atoms with Crippen molar-refractivity contribution >= 4 is 49.3 Å². The number of aromatic nitrogens is 2. The summed E-state index contributed by atoms with van der Waals surface area (Å²) in [7, 11) is 1.60. The summed E-state index contributed by atoms with van der Waals surface area (Å²) < 4.78 is 6.56. The molecule has 0 aliphatic rings. The van der Waals surface area contributed by atoms with Crippen LogP contribution in [0.1, 0.15) is 5.69 Å². The van der Waals surface area contributed by atoms with Crippen molar-refractivity contribution in [3.05, 3.63) is 37.9 Å². The van der Waals surface area contributed by atoms with Crippen LogP contribution in [0.5, 0.6) is 0 Å². The predicted octanol–water partition coefficient (Wildman–Crippen LogP) is 4.05. The summed E-state index contributed by atoms with van der Waals surface area (Å²) in [5.41, 5.74) is 7.40. The summed E-state index contributed by atoms with van der Waals surface area (Å²) in [4.78, 5) is 8.72. The third-order valence-electron chi connectivity index (χ3n) is 2.40. The van der Waals surface area contributed by atoms with E-state index in [2.05, 4.69) is 41.8 Å². The van der Waals surface area contributed by atoms with Gasteiger partial charge < -0.3 is 10.5 Å². The van der Waals surface area contributed by atoms with Gasteiger partial charge in [0.05, 0.1) is 16.8 Å². The molecule has 0 amide bonds. The lowest BCUT2D eigenvalue weighted by molar-refractivity contribution is 0.181. The highest BCUT2D eigenvalue weighted by Gasteiger charge is 2.13. The summed E-state index contributed by atoms with van der Waals surface area (Å²) in [6.45, 7) is 0.353. The third kappa shape index (κ3) is 3.25. The topological polar surface area (TPSA) is 61.0 Å². The Hall–Kier alpha value is -0.690.